The van der Waals surface area contributed by atoms with Crippen molar-refractivity contribution >= 4 is 17.5 Å². The third-order valence-electron chi connectivity index (χ3n) is 2.53. The Kier molecular flexibility index (Phi) is 3.75. The average Bonchev–Trinajstić information content (AvgIpc) is 2.41. The van der Waals surface area contributed by atoms with Gasteiger partial charge in [-0.1, -0.05) is 11.6 Å². The highest BCUT2D eigenvalue weighted by molar-refractivity contribution is 6.32. The molecule has 0 bridgehead atoms. The number of hydrogen-bond acceptors (Lipinski definition) is 4. The fourth-order valence-electron chi connectivity index (χ4n) is 1.65. The summed E-state index contributed by atoms with van der Waals surface area (Å²) in [6, 6.07) is 2.96. The van der Waals surface area contributed by atoms with E-state index >= 15 is 0 Å². The fraction of sp³-hybridized carbons (Fsp3) is 0.364. The van der Waals surface area contributed by atoms with E-state index in [9.17, 15) is 9.18 Å². The zero-order valence-electron chi connectivity index (χ0n) is 9.27. The van der Waals surface area contributed by atoms with Crippen molar-refractivity contribution in [3.05, 3.63) is 28.8 Å². The summed E-state index contributed by atoms with van der Waals surface area (Å²) < 4.78 is 18.2. The van der Waals surface area contributed by atoms with Gasteiger partial charge >= 0.3 is 0 Å². The van der Waals surface area contributed by atoms with Crippen LogP contribution in [0.15, 0.2) is 12.3 Å². The summed E-state index contributed by atoms with van der Waals surface area (Å²) in [5.41, 5.74) is -0.00439. The van der Waals surface area contributed by atoms with Crippen molar-refractivity contribution in [1.82, 2.24) is 9.88 Å². The number of hydrogen-bond donors (Lipinski definition) is 0. The molecule has 1 atom stereocenters. The van der Waals surface area contributed by atoms with Gasteiger partial charge in [0.1, 0.15) is 11.0 Å². The van der Waals surface area contributed by atoms with Crippen LogP contribution in [-0.4, -0.2) is 41.6 Å². The topological polar surface area (TPSA) is 66.2 Å². The van der Waals surface area contributed by atoms with Crippen molar-refractivity contribution in [3.63, 3.8) is 0 Å². The van der Waals surface area contributed by atoms with E-state index in [1.165, 1.54) is 4.90 Å². The lowest BCUT2D eigenvalue weighted by atomic mass is 10.2. The number of rotatable bonds is 1. The van der Waals surface area contributed by atoms with E-state index < -0.39 is 17.8 Å². The van der Waals surface area contributed by atoms with Gasteiger partial charge in [0.2, 0.25) is 0 Å². The number of aromatic nitrogens is 1. The second-order valence-electron chi connectivity index (χ2n) is 3.73. The quantitative estimate of drug-likeness (QED) is 0.720. The van der Waals surface area contributed by atoms with Gasteiger partial charge in [0.05, 0.1) is 31.0 Å². The van der Waals surface area contributed by atoms with Gasteiger partial charge in [0.25, 0.3) is 5.91 Å². The predicted octanol–water partition coefficient (Wildman–Crippen LogP) is 1.24. The van der Waals surface area contributed by atoms with E-state index in [0.717, 1.165) is 12.3 Å². The highest BCUT2D eigenvalue weighted by Crippen LogP contribution is 2.17. The van der Waals surface area contributed by atoms with Crippen LogP contribution in [0, 0.1) is 17.1 Å². The molecule has 7 heteroatoms. The van der Waals surface area contributed by atoms with Crippen molar-refractivity contribution < 1.29 is 13.9 Å². The minimum absolute atomic E-state index is 0.00439. The first-order valence-corrected chi connectivity index (χ1v) is 5.61. The van der Waals surface area contributed by atoms with Crippen LogP contribution in [-0.2, 0) is 4.74 Å². The number of amides is 1. The molecule has 18 heavy (non-hydrogen) atoms. The summed E-state index contributed by atoms with van der Waals surface area (Å²) in [6.07, 6.45) is 0.277. The Morgan fingerprint density at radius 1 is 1.72 bits per heavy atom. The van der Waals surface area contributed by atoms with Gasteiger partial charge in [-0.2, -0.15) is 5.26 Å². The second-order valence-corrected chi connectivity index (χ2v) is 4.09. The molecular formula is C11H9ClFN3O2. The molecule has 1 unspecified atom stereocenters. The molecule has 94 valence electrons. The Labute approximate surface area is 108 Å². The van der Waals surface area contributed by atoms with Crippen LogP contribution < -0.4 is 0 Å². The van der Waals surface area contributed by atoms with Crippen molar-refractivity contribution in [2.24, 2.45) is 0 Å². The number of carbonyl (C=O) groups is 1. The normalized spacial score (nSPS) is 19.4. The zero-order chi connectivity index (χ0) is 13.1. The van der Waals surface area contributed by atoms with Crippen LogP contribution in [0.3, 0.4) is 0 Å². The van der Waals surface area contributed by atoms with E-state index in [1.807, 2.05) is 6.07 Å². The molecule has 2 rings (SSSR count). The van der Waals surface area contributed by atoms with E-state index in [1.54, 1.807) is 0 Å². The van der Waals surface area contributed by atoms with Crippen molar-refractivity contribution in [3.8, 4) is 6.07 Å². The molecule has 2 heterocycles. The first-order chi connectivity index (χ1) is 8.61. The predicted molar refractivity (Wildman–Crippen MR) is 60.5 cm³/mol. The molecular weight excluding hydrogens is 261 g/mol. The smallest absolute Gasteiger partial charge is 0.257 e. The molecule has 0 N–H and O–H groups in total. The van der Waals surface area contributed by atoms with Gasteiger partial charge < -0.3 is 9.64 Å². The third-order valence-corrected chi connectivity index (χ3v) is 2.83. The van der Waals surface area contributed by atoms with Crippen LogP contribution >= 0.6 is 11.6 Å². The monoisotopic (exact) mass is 269 g/mol. The Bertz CT molecular complexity index is 518. The van der Waals surface area contributed by atoms with E-state index in [2.05, 4.69) is 4.98 Å². The van der Waals surface area contributed by atoms with Crippen LogP contribution in [0.1, 0.15) is 10.4 Å². The second kappa shape index (κ2) is 5.29. The Hall–Kier alpha value is -1.71. The van der Waals surface area contributed by atoms with E-state index in [4.69, 9.17) is 21.6 Å². The molecule has 1 aromatic rings. The van der Waals surface area contributed by atoms with Crippen LogP contribution in [0.25, 0.3) is 0 Å². The van der Waals surface area contributed by atoms with Gasteiger partial charge in [-0.25, -0.2) is 9.37 Å². The fourth-order valence-corrected chi connectivity index (χ4v) is 1.84. The number of nitriles is 1. The molecule has 1 aliphatic rings. The first kappa shape index (κ1) is 12.7. The molecule has 1 fully saturated rings. The van der Waals surface area contributed by atoms with Gasteiger partial charge in [-0.15, -0.1) is 0 Å². The zero-order valence-corrected chi connectivity index (χ0v) is 10.0. The maximum Gasteiger partial charge on any atom is 0.257 e. The summed E-state index contributed by atoms with van der Waals surface area (Å²) in [4.78, 5) is 17.1. The summed E-state index contributed by atoms with van der Waals surface area (Å²) >= 11 is 5.76. The SMILES string of the molecule is N#CC1CN(C(=O)c2cc(F)cnc2Cl)CCO1. The molecule has 5 nitrogen and oxygen atoms in total. The number of carbonyl (C=O) groups excluding carboxylic acids is 1. The standard InChI is InChI=1S/C11H9ClFN3O2/c12-10-9(3-7(13)5-15-10)11(17)16-1-2-18-8(4-14)6-16/h3,5,8H,1-2,6H2. The molecule has 0 radical (unpaired) electrons. The van der Waals surface area contributed by atoms with Gasteiger partial charge in [-0.05, 0) is 6.07 Å². The summed E-state index contributed by atoms with van der Waals surface area (Å²) in [5.74, 6) is -1.08. The van der Waals surface area contributed by atoms with Crippen LogP contribution in [0.5, 0.6) is 0 Å². The lowest BCUT2D eigenvalue weighted by Crippen LogP contribution is -2.45. The number of pyridine rings is 1. The highest BCUT2D eigenvalue weighted by atomic mass is 35.5. The minimum Gasteiger partial charge on any atom is -0.360 e. The number of nitrogens with zero attached hydrogens (tertiary/aromatic N) is 3. The number of morpholine rings is 1. The molecule has 0 aromatic carbocycles. The van der Waals surface area contributed by atoms with Crippen LogP contribution in [0.2, 0.25) is 5.15 Å². The largest absolute Gasteiger partial charge is 0.360 e. The average molecular weight is 270 g/mol. The maximum absolute atomic E-state index is 13.0. The summed E-state index contributed by atoms with van der Waals surface area (Å²) in [7, 11) is 0. The van der Waals surface area contributed by atoms with Gasteiger partial charge in [0.15, 0.2) is 6.10 Å². The van der Waals surface area contributed by atoms with Crippen LogP contribution in [0.4, 0.5) is 4.39 Å². The number of halogens is 2. The molecule has 0 spiro atoms. The molecule has 1 aromatic heterocycles. The molecule has 1 aliphatic heterocycles. The number of ether oxygens (including phenoxy) is 1. The lowest BCUT2D eigenvalue weighted by Gasteiger charge is -2.29. The minimum atomic E-state index is -0.664. The molecule has 1 saturated heterocycles. The molecule has 0 aliphatic carbocycles. The van der Waals surface area contributed by atoms with Crippen molar-refractivity contribution in [1.29, 1.82) is 5.26 Å². The third kappa shape index (κ3) is 2.58. The highest BCUT2D eigenvalue weighted by Gasteiger charge is 2.26. The molecule has 0 saturated carbocycles. The van der Waals surface area contributed by atoms with Gasteiger partial charge in [0, 0.05) is 6.54 Å². The van der Waals surface area contributed by atoms with Gasteiger partial charge in [-0.3, -0.25) is 4.79 Å². The first-order valence-electron chi connectivity index (χ1n) is 5.23. The molecule has 1 amide bonds. The van der Waals surface area contributed by atoms with E-state index in [0.29, 0.717) is 6.54 Å². The van der Waals surface area contributed by atoms with Crippen molar-refractivity contribution in [2.75, 3.05) is 19.7 Å². The maximum atomic E-state index is 13.0. The van der Waals surface area contributed by atoms with E-state index in [-0.39, 0.29) is 23.9 Å². The Morgan fingerprint density at radius 2 is 2.50 bits per heavy atom. The Morgan fingerprint density at radius 3 is 3.22 bits per heavy atom. The summed E-state index contributed by atoms with van der Waals surface area (Å²) in [5, 5.41) is 8.69. The summed E-state index contributed by atoms with van der Waals surface area (Å²) in [6.45, 7) is 0.746. The Balaban J connectivity index is 2.21. The van der Waals surface area contributed by atoms with Crippen molar-refractivity contribution in [2.45, 2.75) is 6.10 Å². The lowest BCUT2D eigenvalue weighted by molar-refractivity contribution is 0.00344.